The zero-order chi connectivity index (χ0) is 24.7. The average Bonchev–Trinajstić information content (AvgIpc) is 3.24. The predicted molar refractivity (Wildman–Crippen MR) is 116 cm³/mol. The Balaban J connectivity index is 2.00. The fourth-order valence-electron chi connectivity index (χ4n) is 3.58. The van der Waals surface area contributed by atoms with Crippen molar-refractivity contribution in [2.24, 2.45) is 11.5 Å². The Morgan fingerprint density at radius 2 is 1.76 bits per heavy atom. The Morgan fingerprint density at radius 1 is 1.12 bits per heavy atom. The van der Waals surface area contributed by atoms with Gasteiger partial charge < -0.3 is 37.2 Å². The van der Waals surface area contributed by atoms with Gasteiger partial charge in [-0.15, -0.1) is 0 Å². The molecule has 0 aliphatic carbocycles. The largest absolute Gasteiger partial charge is 0.508 e. The standard InChI is InChI=1S/C21H29N5O7/c1-11(20(31)26-8-2-3-16(26)21(32)33)24-19(30)15(10-17(23)28)25-18(29)14(22)9-12-4-6-13(27)7-5-12/h4-7,11,14-16,27H,2-3,8-10,22H2,1H3,(H2,23,28)(H,24,30)(H,25,29)(H,32,33). The maximum atomic E-state index is 12.7. The van der Waals surface area contributed by atoms with E-state index in [0.717, 1.165) is 0 Å². The SMILES string of the molecule is CC(NC(=O)C(CC(N)=O)NC(=O)C(N)Cc1ccc(O)cc1)C(=O)N1CCCC1C(=O)O. The first-order valence-electron chi connectivity index (χ1n) is 10.5. The van der Waals surface area contributed by atoms with Crippen molar-refractivity contribution in [1.29, 1.82) is 0 Å². The third kappa shape index (κ3) is 7.17. The fraction of sp³-hybridized carbons (Fsp3) is 0.476. The number of likely N-dealkylation sites (tertiary alicyclic amines) is 1. The molecule has 1 aliphatic rings. The van der Waals surface area contributed by atoms with Gasteiger partial charge in [0.25, 0.3) is 0 Å². The summed E-state index contributed by atoms with van der Waals surface area (Å²) in [7, 11) is 0. The molecule has 0 saturated carbocycles. The molecule has 1 fully saturated rings. The number of carbonyl (C=O) groups excluding carboxylic acids is 4. The van der Waals surface area contributed by atoms with Crippen LogP contribution in [0.1, 0.15) is 31.7 Å². The average molecular weight is 463 g/mol. The quantitative estimate of drug-likeness (QED) is 0.233. The summed E-state index contributed by atoms with van der Waals surface area (Å²) in [5.74, 6) is -4.05. The van der Waals surface area contributed by atoms with Gasteiger partial charge in [-0.2, -0.15) is 0 Å². The normalized spacial score (nSPS) is 18.1. The van der Waals surface area contributed by atoms with Crippen LogP contribution in [0.5, 0.6) is 5.75 Å². The minimum absolute atomic E-state index is 0.0576. The number of hydrogen-bond acceptors (Lipinski definition) is 7. The van der Waals surface area contributed by atoms with E-state index < -0.39 is 60.2 Å². The third-order valence-corrected chi connectivity index (χ3v) is 5.32. The van der Waals surface area contributed by atoms with E-state index in [1.165, 1.54) is 24.0 Å². The summed E-state index contributed by atoms with van der Waals surface area (Å²) in [5.41, 5.74) is 11.8. The summed E-state index contributed by atoms with van der Waals surface area (Å²) in [4.78, 5) is 61.7. The van der Waals surface area contributed by atoms with Crippen molar-refractivity contribution in [3.05, 3.63) is 29.8 Å². The van der Waals surface area contributed by atoms with E-state index in [9.17, 15) is 34.2 Å². The van der Waals surface area contributed by atoms with Crippen LogP contribution in [0.15, 0.2) is 24.3 Å². The highest BCUT2D eigenvalue weighted by atomic mass is 16.4. The number of aliphatic carboxylic acids is 1. The monoisotopic (exact) mass is 463 g/mol. The molecule has 4 atom stereocenters. The molecule has 1 saturated heterocycles. The van der Waals surface area contributed by atoms with E-state index in [4.69, 9.17) is 11.5 Å². The number of primary amides is 1. The number of phenols is 1. The molecule has 12 heteroatoms. The number of carboxylic acid groups (broad SMARTS) is 1. The number of carbonyl (C=O) groups is 5. The number of phenolic OH excluding ortho intramolecular Hbond substituents is 1. The molecule has 1 aromatic carbocycles. The number of nitrogens with zero attached hydrogens (tertiary/aromatic N) is 1. The summed E-state index contributed by atoms with van der Waals surface area (Å²) in [5, 5.41) is 23.4. The van der Waals surface area contributed by atoms with E-state index >= 15 is 0 Å². The van der Waals surface area contributed by atoms with Crippen molar-refractivity contribution >= 4 is 29.6 Å². The van der Waals surface area contributed by atoms with Crippen LogP contribution in [0.3, 0.4) is 0 Å². The molecule has 0 radical (unpaired) electrons. The highest BCUT2D eigenvalue weighted by molar-refractivity contribution is 5.96. The number of carboxylic acids is 1. The predicted octanol–water partition coefficient (Wildman–Crippen LogP) is -1.80. The van der Waals surface area contributed by atoms with Crippen molar-refractivity contribution in [3.63, 3.8) is 0 Å². The number of rotatable bonds is 10. The molecule has 4 unspecified atom stereocenters. The molecule has 33 heavy (non-hydrogen) atoms. The van der Waals surface area contributed by atoms with Crippen LogP contribution in [0, 0.1) is 0 Å². The summed E-state index contributed by atoms with van der Waals surface area (Å²) >= 11 is 0. The van der Waals surface area contributed by atoms with Gasteiger partial charge in [0.05, 0.1) is 12.5 Å². The highest BCUT2D eigenvalue weighted by Gasteiger charge is 2.37. The number of nitrogens with one attached hydrogen (secondary N) is 2. The van der Waals surface area contributed by atoms with Crippen molar-refractivity contribution in [3.8, 4) is 5.75 Å². The van der Waals surface area contributed by atoms with E-state index in [0.29, 0.717) is 18.4 Å². The zero-order valence-corrected chi connectivity index (χ0v) is 18.2. The molecular weight excluding hydrogens is 434 g/mol. The first-order valence-corrected chi connectivity index (χ1v) is 10.5. The van der Waals surface area contributed by atoms with Crippen LogP contribution in [0.4, 0.5) is 0 Å². The highest BCUT2D eigenvalue weighted by Crippen LogP contribution is 2.18. The molecule has 0 spiro atoms. The number of amides is 4. The van der Waals surface area contributed by atoms with Crippen LogP contribution >= 0.6 is 0 Å². The first-order chi connectivity index (χ1) is 15.5. The molecule has 1 aliphatic heterocycles. The molecule has 2 rings (SSSR count). The first kappa shape index (κ1) is 25.6. The summed E-state index contributed by atoms with van der Waals surface area (Å²) in [6.45, 7) is 1.64. The number of benzene rings is 1. The lowest BCUT2D eigenvalue weighted by Crippen LogP contribution is -2.57. The Bertz CT molecular complexity index is 905. The van der Waals surface area contributed by atoms with Crippen LogP contribution in [0.2, 0.25) is 0 Å². The van der Waals surface area contributed by atoms with Gasteiger partial charge in [0.15, 0.2) is 0 Å². The molecule has 0 bridgehead atoms. The van der Waals surface area contributed by atoms with Crippen LogP contribution in [-0.2, 0) is 30.4 Å². The minimum atomic E-state index is -1.37. The van der Waals surface area contributed by atoms with E-state index in [2.05, 4.69) is 10.6 Å². The lowest BCUT2D eigenvalue weighted by molar-refractivity contribution is -0.149. The van der Waals surface area contributed by atoms with Crippen molar-refractivity contribution in [2.75, 3.05) is 6.54 Å². The van der Waals surface area contributed by atoms with Crippen LogP contribution in [-0.4, -0.2) is 75.4 Å². The summed E-state index contributed by atoms with van der Waals surface area (Å²) in [6.07, 6.45) is 0.437. The second-order valence-electron chi connectivity index (χ2n) is 7.97. The summed E-state index contributed by atoms with van der Waals surface area (Å²) in [6, 6.07) is 1.58. The van der Waals surface area contributed by atoms with Gasteiger partial charge in [-0.3, -0.25) is 19.2 Å². The molecule has 1 heterocycles. The Kier molecular flexibility index (Phi) is 8.74. The number of aromatic hydroxyl groups is 1. The second-order valence-corrected chi connectivity index (χ2v) is 7.97. The van der Waals surface area contributed by atoms with Gasteiger partial charge in [0.2, 0.25) is 23.6 Å². The zero-order valence-electron chi connectivity index (χ0n) is 18.2. The van der Waals surface area contributed by atoms with Crippen molar-refractivity contribution in [1.82, 2.24) is 15.5 Å². The lowest BCUT2D eigenvalue weighted by Gasteiger charge is -2.27. The second kappa shape index (κ2) is 11.3. The number of nitrogens with two attached hydrogens (primary N) is 2. The van der Waals surface area contributed by atoms with Gasteiger partial charge >= 0.3 is 5.97 Å². The molecule has 180 valence electrons. The topological polar surface area (TPSA) is 205 Å². The van der Waals surface area contributed by atoms with Crippen molar-refractivity contribution < 1.29 is 34.2 Å². The maximum Gasteiger partial charge on any atom is 0.326 e. The van der Waals surface area contributed by atoms with E-state index in [1.807, 2.05) is 0 Å². The van der Waals surface area contributed by atoms with Crippen LogP contribution in [0.25, 0.3) is 0 Å². The van der Waals surface area contributed by atoms with Crippen LogP contribution < -0.4 is 22.1 Å². The molecule has 1 aromatic rings. The Labute approximate surface area is 190 Å². The third-order valence-electron chi connectivity index (χ3n) is 5.32. The molecule has 4 amide bonds. The van der Waals surface area contributed by atoms with Gasteiger partial charge in [-0.25, -0.2) is 4.79 Å². The Hall–Kier alpha value is -3.67. The van der Waals surface area contributed by atoms with Gasteiger partial charge in [0.1, 0.15) is 23.9 Å². The van der Waals surface area contributed by atoms with Gasteiger partial charge in [-0.1, -0.05) is 12.1 Å². The molecule has 12 nitrogen and oxygen atoms in total. The fourth-order valence-corrected chi connectivity index (χ4v) is 3.58. The molecule has 8 N–H and O–H groups in total. The van der Waals surface area contributed by atoms with E-state index in [1.54, 1.807) is 12.1 Å². The maximum absolute atomic E-state index is 12.7. The Morgan fingerprint density at radius 3 is 2.33 bits per heavy atom. The molecule has 0 aromatic heterocycles. The summed E-state index contributed by atoms with van der Waals surface area (Å²) < 4.78 is 0. The van der Waals surface area contributed by atoms with E-state index in [-0.39, 0.29) is 18.7 Å². The smallest absolute Gasteiger partial charge is 0.326 e. The minimum Gasteiger partial charge on any atom is -0.508 e. The van der Waals surface area contributed by atoms with Gasteiger partial charge in [0, 0.05) is 6.54 Å². The van der Waals surface area contributed by atoms with Crippen molar-refractivity contribution in [2.45, 2.75) is 56.8 Å². The molecular formula is C21H29N5O7. The van der Waals surface area contributed by atoms with Gasteiger partial charge in [-0.05, 0) is 43.9 Å². The number of hydrogen-bond donors (Lipinski definition) is 6. The lowest BCUT2D eigenvalue weighted by atomic mass is 10.0.